The van der Waals surface area contributed by atoms with Crippen molar-refractivity contribution in [3.63, 3.8) is 0 Å². The largest absolute Gasteiger partial charge is 0.407 e. The second-order valence-corrected chi connectivity index (χ2v) is 4.41. The Balaban J connectivity index is 1.69. The second-order valence-electron chi connectivity index (χ2n) is 4.41. The Morgan fingerprint density at radius 3 is 2.68 bits per heavy atom. The molecule has 2 aromatic heterocycles. The molecule has 3 rings (SSSR count). The fourth-order valence-electron chi connectivity index (χ4n) is 1.83. The van der Waals surface area contributed by atoms with Crippen molar-refractivity contribution in [1.82, 2.24) is 20.2 Å². The van der Waals surface area contributed by atoms with E-state index in [0.29, 0.717) is 12.3 Å². The van der Waals surface area contributed by atoms with E-state index in [4.69, 9.17) is 10.2 Å². The van der Waals surface area contributed by atoms with Gasteiger partial charge in [-0.3, -0.25) is 10.1 Å². The summed E-state index contributed by atoms with van der Waals surface area (Å²) in [6.07, 6.45) is 3.26. The Morgan fingerprint density at radius 1 is 1.14 bits per heavy atom. The summed E-state index contributed by atoms with van der Waals surface area (Å²) in [6, 6.07) is 9.65. The highest BCUT2D eigenvalue weighted by Crippen LogP contribution is 2.12. The van der Waals surface area contributed by atoms with E-state index >= 15 is 0 Å². The lowest BCUT2D eigenvalue weighted by Gasteiger charge is -2.01. The molecule has 22 heavy (non-hydrogen) atoms. The molecule has 8 heteroatoms. The Morgan fingerprint density at radius 2 is 1.91 bits per heavy atom. The van der Waals surface area contributed by atoms with Crippen LogP contribution in [0.5, 0.6) is 0 Å². The van der Waals surface area contributed by atoms with E-state index in [9.17, 15) is 4.79 Å². The molecule has 1 aromatic carbocycles. The maximum atomic E-state index is 12.0. The van der Waals surface area contributed by atoms with Gasteiger partial charge in [0.05, 0.1) is 6.42 Å². The molecular formula is C14H12N6O2. The van der Waals surface area contributed by atoms with Crippen LogP contribution in [-0.2, 0) is 6.42 Å². The summed E-state index contributed by atoms with van der Waals surface area (Å²) in [4.78, 5) is 19.6. The molecule has 0 unspecified atom stereocenters. The van der Waals surface area contributed by atoms with Crippen LogP contribution in [0.4, 0.5) is 11.8 Å². The third-order valence-corrected chi connectivity index (χ3v) is 2.83. The minimum absolute atomic E-state index is 0.00492. The Labute approximate surface area is 125 Å². The van der Waals surface area contributed by atoms with Crippen LogP contribution in [-0.4, -0.2) is 26.1 Å². The molecule has 3 aromatic rings. The molecule has 0 bridgehead atoms. The molecule has 110 valence electrons. The van der Waals surface area contributed by atoms with E-state index in [1.165, 1.54) is 12.4 Å². The van der Waals surface area contributed by atoms with Gasteiger partial charge in [0.1, 0.15) is 0 Å². The molecule has 3 N–H and O–H groups in total. The smallest absolute Gasteiger partial charge is 0.322 e. The van der Waals surface area contributed by atoms with Crippen LogP contribution in [0.2, 0.25) is 0 Å². The van der Waals surface area contributed by atoms with Gasteiger partial charge in [-0.25, -0.2) is 9.97 Å². The zero-order valence-electron chi connectivity index (χ0n) is 11.4. The molecule has 0 saturated heterocycles. The summed E-state index contributed by atoms with van der Waals surface area (Å²) in [5, 5.41) is 10.1. The van der Waals surface area contributed by atoms with Crippen LogP contribution in [0, 0.1) is 0 Å². The number of hydrogen-bond acceptors (Lipinski definition) is 7. The Kier molecular flexibility index (Phi) is 3.73. The van der Waals surface area contributed by atoms with Gasteiger partial charge in [-0.15, -0.1) is 5.10 Å². The molecule has 2 heterocycles. The minimum Gasteiger partial charge on any atom is -0.407 e. The zero-order chi connectivity index (χ0) is 15.4. The normalized spacial score (nSPS) is 10.4. The summed E-state index contributed by atoms with van der Waals surface area (Å²) >= 11 is 0. The first-order valence-corrected chi connectivity index (χ1v) is 6.46. The average Bonchev–Trinajstić information content (AvgIpc) is 2.95. The molecule has 0 radical (unpaired) electrons. The molecule has 8 nitrogen and oxygen atoms in total. The SMILES string of the molecule is Nc1nccnc1C(=O)Nc1nnc(Cc2ccccc2)o1. The number of carbonyl (C=O) groups excluding carboxylic acids is 1. The fraction of sp³-hybridized carbons (Fsp3) is 0.0714. The van der Waals surface area contributed by atoms with Crippen molar-refractivity contribution in [3.8, 4) is 0 Å². The number of anilines is 2. The van der Waals surface area contributed by atoms with Gasteiger partial charge in [0.15, 0.2) is 11.5 Å². The molecule has 0 aliphatic carbocycles. The number of rotatable bonds is 4. The number of nitrogen functional groups attached to an aromatic ring is 1. The number of carbonyl (C=O) groups is 1. The van der Waals surface area contributed by atoms with E-state index in [1.807, 2.05) is 30.3 Å². The van der Waals surface area contributed by atoms with Gasteiger partial charge in [0.25, 0.3) is 5.91 Å². The molecule has 0 aliphatic rings. The first-order chi connectivity index (χ1) is 10.7. The topological polar surface area (TPSA) is 120 Å². The lowest BCUT2D eigenvalue weighted by molar-refractivity contribution is 0.102. The van der Waals surface area contributed by atoms with Crippen molar-refractivity contribution in [2.24, 2.45) is 0 Å². The maximum Gasteiger partial charge on any atom is 0.322 e. The quantitative estimate of drug-likeness (QED) is 0.744. The minimum atomic E-state index is -0.555. The number of nitrogens with zero attached hydrogens (tertiary/aromatic N) is 4. The lowest BCUT2D eigenvalue weighted by atomic mass is 10.2. The van der Waals surface area contributed by atoms with Crippen molar-refractivity contribution >= 4 is 17.7 Å². The van der Waals surface area contributed by atoms with Crippen molar-refractivity contribution < 1.29 is 9.21 Å². The van der Waals surface area contributed by atoms with E-state index in [0.717, 1.165) is 5.56 Å². The number of nitrogens with two attached hydrogens (primary N) is 1. The average molecular weight is 296 g/mol. The second kappa shape index (κ2) is 6.00. The van der Waals surface area contributed by atoms with Gasteiger partial charge >= 0.3 is 6.01 Å². The van der Waals surface area contributed by atoms with Crippen molar-refractivity contribution in [3.05, 3.63) is 59.9 Å². The summed E-state index contributed by atoms with van der Waals surface area (Å²) in [6.45, 7) is 0. The van der Waals surface area contributed by atoms with Crippen molar-refractivity contribution in [2.75, 3.05) is 11.1 Å². The molecule has 0 saturated carbocycles. The van der Waals surface area contributed by atoms with E-state index in [2.05, 4.69) is 25.5 Å². The number of aromatic nitrogens is 4. The van der Waals surface area contributed by atoms with Crippen molar-refractivity contribution in [1.29, 1.82) is 0 Å². The number of nitrogens with one attached hydrogen (secondary N) is 1. The third kappa shape index (κ3) is 3.06. The van der Waals surface area contributed by atoms with Crippen molar-refractivity contribution in [2.45, 2.75) is 6.42 Å². The van der Waals surface area contributed by atoms with E-state index < -0.39 is 5.91 Å². The van der Waals surface area contributed by atoms with Crippen LogP contribution in [0.15, 0.2) is 47.1 Å². The van der Waals surface area contributed by atoms with E-state index in [1.54, 1.807) is 0 Å². The molecule has 1 amide bonds. The Bertz CT molecular complexity index is 787. The predicted octanol–water partition coefficient (Wildman–Crippen LogP) is 1.28. The fourth-order valence-corrected chi connectivity index (χ4v) is 1.83. The maximum absolute atomic E-state index is 12.0. The lowest BCUT2D eigenvalue weighted by Crippen LogP contribution is -2.16. The molecular weight excluding hydrogens is 284 g/mol. The summed E-state index contributed by atoms with van der Waals surface area (Å²) in [5.74, 6) is -0.127. The standard InChI is InChI=1S/C14H12N6O2/c15-12-11(16-6-7-17-12)13(21)18-14-20-19-10(22-14)8-9-4-2-1-3-5-9/h1-7H,8H2,(H2,15,17)(H,18,20,21). The first-order valence-electron chi connectivity index (χ1n) is 6.46. The number of benzene rings is 1. The summed E-state index contributed by atoms with van der Waals surface area (Å²) in [5.41, 5.74) is 6.62. The van der Waals surface area contributed by atoms with Crippen LogP contribution in [0.25, 0.3) is 0 Å². The molecule has 0 aliphatic heterocycles. The summed E-state index contributed by atoms with van der Waals surface area (Å²) < 4.78 is 5.38. The predicted molar refractivity (Wildman–Crippen MR) is 77.9 cm³/mol. The molecule has 0 atom stereocenters. The van der Waals surface area contributed by atoms with Crippen LogP contribution in [0.1, 0.15) is 21.9 Å². The molecule has 0 fully saturated rings. The van der Waals surface area contributed by atoms with Gasteiger partial charge in [-0.1, -0.05) is 35.4 Å². The third-order valence-electron chi connectivity index (χ3n) is 2.83. The molecule has 0 spiro atoms. The zero-order valence-corrected chi connectivity index (χ0v) is 11.4. The highest BCUT2D eigenvalue weighted by molar-refractivity contribution is 6.04. The van der Waals surface area contributed by atoms with Gasteiger partial charge in [-0.05, 0) is 5.56 Å². The van der Waals surface area contributed by atoms with Gasteiger partial charge in [0, 0.05) is 12.4 Å². The van der Waals surface area contributed by atoms with Crippen LogP contribution >= 0.6 is 0 Å². The van der Waals surface area contributed by atoms with Gasteiger partial charge in [-0.2, -0.15) is 0 Å². The first kappa shape index (κ1) is 13.7. The van der Waals surface area contributed by atoms with Crippen LogP contribution in [0.3, 0.4) is 0 Å². The monoisotopic (exact) mass is 296 g/mol. The number of amides is 1. The van der Waals surface area contributed by atoms with Gasteiger partial charge < -0.3 is 10.2 Å². The number of hydrogen-bond donors (Lipinski definition) is 2. The Hall–Kier alpha value is -3.29. The van der Waals surface area contributed by atoms with Gasteiger partial charge in [0.2, 0.25) is 5.89 Å². The highest BCUT2D eigenvalue weighted by Gasteiger charge is 2.15. The summed E-state index contributed by atoms with van der Waals surface area (Å²) in [7, 11) is 0. The van der Waals surface area contributed by atoms with Crippen LogP contribution < -0.4 is 11.1 Å². The highest BCUT2D eigenvalue weighted by atomic mass is 16.4. The van der Waals surface area contributed by atoms with E-state index in [-0.39, 0.29) is 17.5 Å².